The number of rotatable bonds is 3. The Morgan fingerprint density at radius 1 is 1.25 bits per heavy atom. The normalized spacial score (nSPS) is 11.7. The third-order valence-electron chi connectivity index (χ3n) is 2.28. The largest absolute Gasteiger partial charge is 0.449 e. The molecule has 0 saturated heterocycles. The minimum absolute atomic E-state index is 0.0677. The smallest absolute Gasteiger partial charge is 0.419 e. The summed E-state index contributed by atoms with van der Waals surface area (Å²) in [6.45, 7) is 1.98. The van der Waals surface area contributed by atoms with Crippen molar-refractivity contribution in [2.75, 3.05) is 6.61 Å². The second-order valence-corrected chi connectivity index (χ2v) is 4.37. The van der Waals surface area contributed by atoms with E-state index in [2.05, 4.69) is 10.2 Å². The molecule has 0 aliphatic rings. The molecule has 0 aliphatic carbocycles. The Bertz CT molecular complexity index is 629. The number of benzene rings is 1. The van der Waals surface area contributed by atoms with Gasteiger partial charge in [0.05, 0.1) is 27.8 Å². The average Bonchev–Trinajstić information content (AvgIpc) is 2.76. The van der Waals surface area contributed by atoms with Crippen molar-refractivity contribution in [3.05, 3.63) is 27.7 Å². The minimum atomic E-state index is -4.69. The van der Waals surface area contributed by atoms with Crippen molar-refractivity contribution in [1.82, 2.24) is 10.2 Å². The summed E-state index contributed by atoms with van der Waals surface area (Å²) < 4.78 is 48.6. The summed E-state index contributed by atoms with van der Waals surface area (Å²) in [7, 11) is 0. The summed E-state index contributed by atoms with van der Waals surface area (Å²) >= 11 is 11.3. The number of hydrogen-bond acceptors (Lipinski definition) is 4. The van der Waals surface area contributed by atoms with Crippen LogP contribution >= 0.6 is 23.2 Å². The molecular formula is C11H7Cl2F3N2O2. The standard InChI is InChI=1S/C11H7Cl2F3N2O2/c1-2-19-10-18-17-9(20-10)5-3-4-6(12)7(8(5)13)11(14,15)16/h3-4H,2H2,1H3. The second-order valence-electron chi connectivity index (χ2n) is 3.59. The van der Waals surface area contributed by atoms with E-state index < -0.39 is 21.8 Å². The molecule has 0 radical (unpaired) electrons. The van der Waals surface area contributed by atoms with E-state index in [9.17, 15) is 13.2 Å². The number of hydrogen-bond donors (Lipinski definition) is 0. The van der Waals surface area contributed by atoms with Gasteiger partial charge in [-0.15, -0.1) is 5.10 Å². The molecule has 9 heteroatoms. The van der Waals surface area contributed by atoms with E-state index in [1.807, 2.05) is 0 Å². The highest BCUT2D eigenvalue weighted by Gasteiger charge is 2.37. The molecule has 20 heavy (non-hydrogen) atoms. The topological polar surface area (TPSA) is 48.2 Å². The summed E-state index contributed by atoms with van der Waals surface area (Å²) in [5.74, 6) is -0.180. The van der Waals surface area contributed by atoms with Gasteiger partial charge in [-0.25, -0.2) is 0 Å². The lowest BCUT2D eigenvalue weighted by Gasteiger charge is -2.12. The number of aromatic nitrogens is 2. The third-order valence-corrected chi connectivity index (χ3v) is 2.99. The highest BCUT2D eigenvalue weighted by Crippen LogP contribution is 2.43. The monoisotopic (exact) mass is 326 g/mol. The van der Waals surface area contributed by atoms with Gasteiger partial charge in [0.25, 0.3) is 5.89 Å². The minimum Gasteiger partial charge on any atom is -0.449 e. The van der Waals surface area contributed by atoms with Crippen LogP contribution in [0.25, 0.3) is 11.5 Å². The molecule has 2 rings (SSSR count). The van der Waals surface area contributed by atoms with Gasteiger partial charge in [0.15, 0.2) is 0 Å². The quantitative estimate of drug-likeness (QED) is 0.835. The summed E-state index contributed by atoms with van der Waals surface area (Å²) in [6.07, 6.45) is -4.84. The number of ether oxygens (including phenoxy) is 1. The molecule has 0 fully saturated rings. The Labute approximate surface area is 121 Å². The lowest BCUT2D eigenvalue weighted by atomic mass is 10.1. The van der Waals surface area contributed by atoms with Crippen molar-refractivity contribution in [2.45, 2.75) is 13.1 Å². The van der Waals surface area contributed by atoms with Crippen LogP contribution in [-0.2, 0) is 6.18 Å². The number of nitrogens with zero attached hydrogens (tertiary/aromatic N) is 2. The molecular weight excluding hydrogens is 320 g/mol. The van der Waals surface area contributed by atoms with Crippen LogP contribution < -0.4 is 4.74 Å². The Kier molecular flexibility index (Phi) is 4.10. The van der Waals surface area contributed by atoms with Crippen LogP contribution in [0.3, 0.4) is 0 Å². The maximum absolute atomic E-state index is 12.9. The van der Waals surface area contributed by atoms with E-state index in [4.69, 9.17) is 32.4 Å². The predicted molar refractivity (Wildman–Crippen MR) is 65.9 cm³/mol. The molecule has 0 amide bonds. The van der Waals surface area contributed by atoms with E-state index in [1.54, 1.807) is 6.92 Å². The summed E-state index contributed by atoms with van der Waals surface area (Å²) in [5, 5.41) is 6.00. The molecule has 1 aromatic heterocycles. The highest BCUT2D eigenvalue weighted by atomic mass is 35.5. The first-order chi connectivity index (χ1) is 9.34. The molecule has 2 aromatic rings. The van der Waals surface area contributed by atoms with E-state index >= 15 is 0 Å². The van der Waals surface area contributed by atoms with Gasteiger partial charge in [0.1, 0.15) is 0 Å². The van der Waals surface area contributed by atoms with Crippen molar-refractivity contribution in [3.63, 3.8) is 0 Å². The molecule has 108 valence electrons. The second kappa shape index (κ2) is 5.49. The van der Waals surface area contributed by atoms with Gasteiger partial charge < -0.3 is 9.15 Å². The zero-order valence-electron chi connectivity index (χ0n) is 9.96. The van der Waals surface area contributed by atoms with Crippen molar-refractivity contribution in [2.24, 2.45) is 0 Å². The zero-order valence-corrected chi connectivity index (χ0v) is 11.5. The molecule has 1 aromatic carbocycles. The summed E-state index contributed by atoms with van der Waals surface area (Å²) in [4.78, 5) is 0. The molecule has 0 unspecified atom stereocenters. The number of alkyl halides is 3. The van der Waals surface area contributed by atoms with Gasteiger partial charge >= 0.3 is 12.3 Å². The van der Waals surface area contributed by atoms with Gasteiger partial charge in [-0.05, 0) is 19.1 Å². The predicted octanol–water partition coefficient (Wildman–Crippen LogP) is 4.46. The van der Waals surface area contributed by atoms with Gasteiger partial charge in [-0.3, -0.25) is 0 Å². The Hall–Kier alpha value is -1.47. The van der Waals surface area contributed by atoms with E-state index in [0.717, 1.165) is 6.07 Å². The molecule has 0 N–H and O–H groups in total. The lowest BCUT2D eigenvalue weighted by molar-refractivity contribution is -0.137. The first kappa shape index (κ1) is 14.9. The molecule has 0 bridgehead atoms. The first-order valence-corrected chi connectivity index (χ1v) is 6.12. The molecule has 1 heterocycles. The van der Waals surface area contributed by atoms with Crippen molar-refractivity contribution >= 4 is 23.2 Å². The van der Waals surface area contributed by atoms with E-state index in [1.165, 1.54) is 6.07 Å². The molecule has 0 atom stereocenters. The lowest BCUT2D eigenvalue weighted by Crippen LogP contribution is -2.07. The SMILES string of the molecule is CCOc1nnc(-c2ccc(Cl)c(C(F)(F)F)c2Cl)o1. The van der Waals surface area contributed by atoms with Crippen LogP contribution in [0.15, 0.2) is 16.5 Å². The fraction of sp³-hybridized carbons (Fsp3) is 0.273. The Morgan fingerprint density at radius 2 is 1.95 bits per heavy atom. The molecule has 0 saturated carbocycles. The zero-order chi connectivity index (χ0) is 14.9. The van der Waals surface area contributed by atoms with Crippen LogP contribution in [0.2, 0.25) is 10.0 Å². The fourth-order valence-electron chi connectivity index (χ4n) is 1.48. The van der Waals surface area contributed by atoms with Crippen LogP contribution in [0.1, 0.15) is 12.5 Å². The summed E-state index contributed by atoms with van der Waals surface area (Å²) in [6, 6.07) is 2.33. The van der Waals surface area contributed by atoms with Crippen molar-refractivity contribution in [1.29, 1.82) is 0 Å². The summed E-state index contributed by atoms with van der Waals surface area (Å²) in [5.41, 5.74) is -1.21. The van der Waals surface area contributed by atoms with E-state index in [0.29, 0.717) is 0 Å². The van der Waals surface area contributed by atoms with Crippen LogP contribution in [0.4, 0.5) is 13.2 Å². The van der Waals surface area contributed by atoms with Gasteiger partial charge in [-0.1, -0.05) is 28.3 Å². The van der Waals surface area contributed by atoms with Crippen molar-refractivity contribution < 1.29 is 22.3 Å². The average molecular weight is 327 g/mol. The fourth-order valence-corrected chi connectivity index (χ4v) is 2.14. The van der Waals surface area contributed by atoms with Crippen LogP contribution in [-0.4, -0.2) is 16.8 Å². The molecule has 0 aliphatic heterocycles. The third kappa shape index (κ3) is 2.83. The van der Waals surface area contributed by atoms with Crippen LogP contribution in [0.5, 0.6) is 6.08 Å². The Balaban J connectivity index is 2.52. The van der Waals surface area contributed by atoms with E-state index in [-0.39, 0.29) is 24.1 Å². The van der Waals surface area contributed by atoms with Gasteiger partial charge in [0, 0.05) is 0 Å². The molecule has 0 spiro atoms. The van der Waals surface area contributed by atoms with Gasteiger partial charge in [0.2, 0.25) is 0 Å². The first-order valence-electron chi connectivity index (χ1n) is 5.36. The molecule has 4 nitrogen and oxygen atoms in total. The highest BCUT2D eigenvalue weighted by molar-refractivity contribution is 6.37. The van der Waals surface area contributed by atoms with Crippen molar-refractivity contribution in [3.8, 4) is 17.5 Å². The van der Waals surface area contributed by atoms with Crippen LogP contribution in [0, 0.1) is 0 Å². The maximum Gasteiger partial charge on any atom is 0.419 e. The van der Waals surface area contributed by atoms with Gasteiger partial charge in [-0.2, -0.15) is 13.2 Å². The Morgan fingerprint density at radius 3 is 2.55 bits per heavy atom. The maximum atomic E-state index is 12.9. The number of halogens is 5.